The van der Waals surface area contributed by atoms with Crippen molar-refractivity contribution in [3.05, 3.63) is 63.6 Å². The lowest BCUT2D eigenvalue weighted by Gasteiger charge is -2.16. The number of nitrogens with zero attached hydrogens (tertiary/aromatic N) is 5. The lowest BCUT2D eigenvalue weighted by atomic mass is 10.0. The third kappa shape index (κ3) is 2.95. The van der Waals surface area contributed by atoms with Gasteiger partial charge in [-0.15, -0.1) is 10.2 Å². The van der Waals surface area contributed by atoms with Gasteiger partial charge in [-0.05, 0) is 34.1 Å². The molecule has 0 atom stereocenters. The van der Waals surface area contributed by atoms with E-state index < -0.39 is 11.8 Å². The zero-order valence-electron chi connectivity index (χ0n) is 16.5. The number of hydrogen-bond donors (Lipinski definition) is 0. The van der Waals surface area contributed by atoms with Crippen molar-refractivity contribution in [3.8, 4) is 6.07 Å². The highest BCUT2D eigenvalue weighted by Gasteiger charge is 2.37. The number of nitriles is 1. The van der Waals surface area contributed by atoms with E-state index >= 15 is 0 Å². The Hall–Kier alpha value is -3.57. The van der Waals surface area contributed by atoms with Crippen LogP contribution >= 0.6 is 15.9 Å². The van der Waals surface area contributed by atoms with Crippen molar-refractivity contribution in [2.24, 2.45) is 10.2 Å². The molecular formula is C22H16BrN5O2. The Morgan fingerprint density at radius 2 is 1.73 bits per heavy atom. The highest BCUT2D eigenvalue weighted by atomic mass is 79.9. The molecule has 148 valence electrons. The summed E-state index contributed by atoms with van der Waals surface area (Å²) in [6, 6.07) is 15.1. The van der Waals surface area contributed by atoms with E-state index in [4.69, 9.17) is 0 Å². The van der Waals surface area contributed by atoms with Crippen LogP contribution in [0.4, 0.5) is 17.1 Å². The molecule has 7 nitrogen and oxygen atoms in total. The predicted molar refractivity (Wildman–Crippen MR) is 118 cm³/mol. The lowest BCUT2D eigenvalue weighted by molar-refractivity contribution is 0.0693. The molecule has 0 spiro atoms. The van der Waals surface area contributed by atoms with Gasteiger partial charge in [0.2, 0.25) is 0 Å². The second kappa shape index (κ2) is 7.35. The Balaban J connectivity index is 1.87. The van der Waals surface area contributed by atoms with Crippen LogP contribution in [0.25, 0.3) is 10.8 Å². The molecule has 0 N–H and O–H groups in total. The topological polar surface area (TPSA) is 89.1 Å². The molecule has 3 aromatic rings. The van der Waals surface area contributed by atoms with Gasteiger partial charge < -0.3 is 4.90 Å². The number of halogens is 1. The van der Waals surface area contributed by atoms with Gasteiger partial charge in [-0.25, -0.2) is 0 Å². The van der Waals surface area contributed by atoms with E-state index in [-0.39, 0.29) is 26.9 Å². The number of hydrogen-bond acceptors (Lipinski definition) is 6. The van der Waals surface area contributed by atoms with Crippen molar-refractivity contribution < 1.29 is 9.59 Å². The summed E-state index contributed by atoms with van der Waals surface area (Å²) in [7, 11) is 5.35. The van der Waals surface area contributed by atoms with Crippen molar-refractivity contribution in [2.45, 2.75) is 0 Å². The van der Waals surface area contributed by atoms with Gasteiger partial charge in [0.1, 0.15) is 11.8 Å². The van der Waals surface area contributed by atoms with Crippen LogP contribution in [0.2, 0.25) is 0 Å². The fourth-order valence-electron chi connectivity index (χ4n) is 3.49. The van der Waals surface area contributed by atoms with Crippen LogP contribution < -0.4 is 4.90 Å². The highest BCUT2D eigenvalue weighted by molar-refractivity contribution is 9.10. The van der Waals surface area contributed by atoms with Crippen LogP contribution in [-0.4, -0.2) is 37.9 Å². The summed E-state index contributed by atoms with van der Waals surface area (Å²) in [5.74, 6) is -0.885. The minimum Gasteiger partial charge on any atom is -0.377 e. The second-order valence-corrected chi connectivity index (χ2v) is 7.83. The van der Waals surface area contributed by atoms with Gasteiger partial charge in [0, 0.05) is 37.6 Å². The average molecular weight is 462 g/mol. The number of anilines is 1. The van der Waals surface area contributed by atoms with Crippen LogP contribution in [-0.2, 0) is 0 Å². The Bertz CT molecular complexity index is 1310. The largest absolute Gasteiger partial charge is 0.377 e. The number of benzene rings is 3. The van der Waals surface area contributed by atoms with Gasteiger partial charge in [0.05, 0.1) is 26.9 Å². The maximum Gasteiger partial charge on any atom is 0.262 e. The highest BCUT2D eigenvalue weighted by Crippen LogP contribution is 2.40. The molecule has 3 aromatic carbocycles. The van der Waals surface area contributed by atoms with Crippen LogP contribution in [0.5, 0.6) is 0 Å². The van der Waals surface area contributed by atoms with Gasteiger partial charge in [0.25, 0.3) is 11.8 Å². The molecule has 0 aliphatic carbocycles. The minimum absolute atomic E-state index is 0.162. The first kappa shape index (κ1) is 19.7. The Morgan fingerprint density at radius 3 is 2.40 bits per heavy atom. The molecule has 0 fully saturated rings. The molecule has 0 saturated carbocycles. The van der Waals surface area contributed by atoms with Crippen molar-refractivity contribution in [1.29, 1.82) is 5.26 Å². The molecule has 1 aliphatic rings. The fourth-order valence-corrected chi connectivity index (χ4v) is 4.17. The molecule has 0 aromatic heterocycles. The van der Waals surface area contributed by atoms with Gasteiger partial charge in [-0.1, -0.05) is 24.3 Å². The summed E-state index contributed by atoms with van der Waals surface area (Å²) in [4.78, 5) is 27.8. The average Bonchev–Trinajstić information content (AvgIpc) is 2.96. The van der Waals surface area contributed by atoms with Gasteiger partial charge in [-0.2, -0.15) is 5.26 Å². The smallest absolute Gasteiger partial charge is 0.262 e. The zero-order chi connectivity index (χ0) is 21.6. The Kier molecular flexibility index (Phi) is 4.84. The van der Waals surface area contributed by atoms with E-state index in [2.05, 4.69) is 26.2 Å². The standard InChI is InChI=1S/C22H16BrN5O2/c1-27(2)17-9-8-16(13-6-4-5-7-14(13)17)25-26-20-12(11-24)10-15-18(19(20)23)22(30)28(3)21(15)29/h4-10H,1-3H3/b26-25+. The molecule has 30 heavy (non-hydrogen) atoms. The van der Waals surface area contributed by atoms with Gasteiger partial charge >= 0.3 is 0 Å². The second-order valence-electron chi connectivity index (χ2n) is 7.03. The number of amides is 2. The molecule has 8 heteroatoms. The minimum atomic E-state index is -0.444. The summed E-state index contributed by atoms with van der Waals surface area (Å²) >= 11 is 3.36. The first-order valence-corrected chi connectivity index (χ1v) is 9.84. The Labute approximate surface area is 181 Å². The van der Waals surface area contributed by atoms with E-state index in [1.807, 2.05) is 61.5 Å². The molecular weight excluding hydrogens is 446 g/mol. The summed E-state index contributed by atoms with van der Waals surface area (Å²) in [5.41, 5.74) is 2.44. The molecule has 0 saturated heterocycles. The lowest BCUT2D eigenvalue weighted by Crippen LogP contribution is -2.24. The first-order chi connectivity index (χ1) is 14.3. The molecule has 0 radical (unpaired) electrons. The summed E-state index contributed by atoms with van der Waals surface area (Å²) in [6.45, 7) is 0. The maximum atomic E-state index is 12.4. The quantitative estimate of drug-likeness (QED) is 0.396. The molecule has 0 unspecified atom stereocenters. The summed E-state index contributed by atoms with van der Waals surface area (Å²) in [6.07, 6.45) is 0. The number of azo groups is 1. The van der Waals surface area contributed by atoms with E-state index in [0.29, 0.717) is 5.69 Å². The molecule has 1 heterocycles. The molecule has 2 amide bonds. The van der Waals surface area contributed by atoms with E-state index in [1.165, 1.54) is 13.1 Å². The van der Waals surface area contributed by atoms with E-state index in [1.54, 1.807) is 0 Å². The van der Waals surface area contributed by atoms with Gasteiger partial charge in [0.15, 0.2) is 0 Å². The summed E-state index contributed by atoms with van der Waals surface area (Å²) in [5, 5.41) is 20.2. The molecule has 1 aliphatic heterocycles. The number of carbonyl (C=O) groups excluding carboxylic acids is 2. The number of carbonyl (C=O) groups is 2. The van der Waals surface area contributed by atoms with E-state index in [9.17, 15) is 14.9 Å². The molecule has 4 rings (SSSR count). The van der Waals surface area contributed by atoms with Crippen molar-refractivity contribution in [3.63, 3.8) is 0 Å². The Morgan fingerprint density at radius 1 is 1.03 bits per heavy atom. The number of rotatable bonds is 3. The molecule has 0 bridgehead atoms. The fraction of sp³-hybridized carbons (Fsp3) is 0.136. The third-order valence-electron chi connectivity index (χ3n) is 5.03. The van der Waals surface area contributed by atoms with Crippen LogP contribution in [0.3, 0.4) is 0 Å². The van der Waals surface area contributed by atoms with Crippen LogP contribution in [0.1, 0.15) is 26.3 Å². The number of imide groups is 1. The van der Waals surface area contributed by atoms with E-state index in [0.717, 1.165) is 21.4 Å². The normalized spacial score (nSPS) is 13.2. The van der Waals surface area contributed by atoms with Crippen molar-refractivity contribution in [2.75, 3.05) is 26.0 Å². The SMILES string of the molecule is CN1C(=O)c2cc(C#N)c(/N=N/c3ccc(N(C)C)c4ccccc34)c(Br)c2C1=O. The third-order valence-corrected chi connectivity index (χ3v) is 5.80. The zero-order valence-corrected chi connectivity index (χ0v) is 18.1. The van der Waals surface area contributed by atoms with Crippen molar-refractivity contribution >= 4 is 55.6 Å². The maximum absolute atomic E-state index is 12.4. The van der Waals surface area contributed by atoms with Crippen LogP contribution in [0.15, 0.2) is 57.2 Å². The van der Waals surface area contributed by atoms with Crippen molar-refractivity contribution in [1.82, 2.24) is 4.90 Å². The van der Waals surface area contributed by atoms with Crippen LogP contribution in [0, 0.1) is 11.3 Å². The van der Waals surface area contributed by atoms with Gasteiger partial charge in [-0.3, -0.25) is 14.5 Å². The predicted octanol–water partition coefficient (Wildman–Crippen LogP) is 5.18. The summed E-state index contributed by atoms with van der Waals surface area (Å²) < 4.78 is 0.289. The number of fused-ring (bicyclic) bond motifs is 2. The first-order valence-electron chi connectivity index (χ1n) is 9.05. The monoisotopic (exact) mass is 461 g/mol.